The van der Waals surface area contributed by atoms with E-state index in [0.29, 0.717) is 10.6 Å². The van der Waals surface area contributed by atoms with Gasteiger partial charge in [-0.15, -0.1) is 12.6 Å². The minimum atomic E-state index is -0.545. The Labute approximate surface area is 118 Å². The molecule has 0 aliphatic heterocycles. The van der Waals surface area contributed by atoms with Gasteiger partial charge in [0.2, 0.25) is 0 Å². The zero-order valence-corrected chi connectivity index (χ0v) is 11.4. The Morgan fingerprint density at radius 3 is 2.42 bits per heavy atom. The molecule has 0 aromatic heterocycles. The van der Waals surface area contributed by atoms with Gasteiger partial charge in [0.25, 0.3) is 0 Å². The Balaban J connectivity index is 2.73. The van der Waals surface area contributed by atoms with Crippen LogP contribution < -0.4 is 17.2 Å². The molecule has 0 bridgehead atoms. The van der Waals surface area contributed by atoms with E-state index < -0.39 is 6.17 Å². The molecule has 0 radical (unpaired) electrons. The number of rotatable bonds is 3. The van der Waals surface area contributed by atoms with E-state index in [2.05, 4.69) is 19.2 Å². The summed E-state index contributed by atoms with van der Waals surface area (Å²) < 4.78 is 0. The van der Waals surface area contributed by atoms with E-state index in [9.17, 15) is 0 Å². The second-order valence-electron chi connectivity index (χ2n) is 4.36. The van der Waals surface area contributed by atoms with E-state index in [1.165, 1.54) is 0 Å². The van der Waals surface area contributed by atoms with Crippen LogP contribution in [0.15, 0.2) is 47.9 Å². The maximum atomic E-state index is 6.19. The largest absolute Gasteiger partial charge is 0.398 e. The van der Waals surface area contributed by atoms with Crippen LogP contribution in [-0.4, -0.2) is 0 Å². The lowest BCUT2D eigenvalue weighted by Crippen LogP contribution is -2.20. The number of hydrogen-bond acceptors (Lipinski definition) is 4. The Hall–Kier alpha value is -1.75. The van der Waals surface area contributed by atoms with Crippen molar-refractivity contribution in [2.45, 2.75) is 6.17 Å². The summed E-state index contributed by atoms with van der Waals surface area (Å²) >= 11 is 4.13. The summed E-state index contributed by atoms with van der Waals surface area (Å²) in [6.07, 6.45) is 3.11. The van der Waals surface area contributed by atoms with Gasteiger partial charge in [0.05, 0.1) is 6.17 Å². The third kappa shape index (κ3) is 2.81. The number of thiol groups is 1. The van der Waals surface area contributed by atoms with Gasteiger partial charge in [-0.2, -0.15) is 0 Å². The van der Waals surface area contributed by atoms with E-state index in [1.807, 2.05) is 36.4 Å². The van der Waals surface area contributed by atoms with Crippen molar-refractivity contribution in [2.75, 3.05) is 5.73 Å². The summed E-state index contributed by atoms with van der Waals surface area (Å²) in [6.45, 7) is 3.71. The Kier molecular flexibility index (Phi) is 3.95. The molecule has 0 aliphatic carbocycles. The first kappa shape index (κ1) is 13.7. The average molecular weight is 271 g/mol. The lowest BCUT2D eigenvalue weighted by molar-refractivity contribution is 0.781. The van der Waals surface area contributed by atoms with Crippen molar-refractivity contribution >= 4 is 35.2 Å². The molecule has 0 fully saturated rings. The molecule has 2 aromatic carbocycles. The van der Waals surface area contributed by atoms with Crippen molar-refractivity contribution in [2.24, 2.45) is 11.5 Å². The van der Waals surface area contributed by atoms with Crippen molar-refractivity contribution in [1.29, 1.82) is 0 Å². The molecule has 0 atom stereocenters. The summed E-state index contributed by atoms with van der Waals surface area (Å²) in [7, 11) is 0. The Bertz CT molecular complexity index is 660. The first-order chi connectivity index (χ1) is 9.00. The summed E-state index contributed by atoms with van der Waals surface area (Å²) in [5, 5.41) is 1.93. The van der Waals surface area contributed by atoms with Crippen molar-refractivity contribution in [3.05, 3.63) is 59.0 Å². The Morgan fingerprint density at radius 1 is 1.21 bits per heavy atom. The highest BCUT2D eigenvalue weighted by molar-refractivity contribution is 7.84. The lowest BCUT2D eigenvalue weighted by Gasteiger charge is -2.14. The fourth-order valence-electron chi connectivity index (χ4n) is 2.05. The average Bonchev–Trinajstić information content (AvgIpc) is 2.37. The van der Waals surface area contributed by atoms with Crippen LogP contribution >= 0.6 is 12.6 Å². The first-order valence-electron chi connectivity index (χ1n) is 5.89. The third-order valence-corrected chi connectivity index (χ3v) is 3.11. The number of nitrogens with two attached hydrogens (primary N) is 3. The van der Waals surface area contributed by atoms with Crippen molar-refractivity contribution in [3.63, 3.8) is 0 Å². The minimum Gasteiger partial charge on any atom is -0.398 e. The van der Waals surface area contributed by atoms with Gasteiger partial charge in [0, 0.05) is 11.1 Å². The molecule has 2 rings (SSSR count). The molecule has 0 heterocycles. The van der Waals surface area contributed by atoms with Gasteiger partial charge in [0.15, 0.2) is 0 Å². The molecule has 0 saturated carbocycles. The molecule has 0 amide bonds. The molecular formula is C15H17N3S. The Morgan fingerprint density at radius 2 is 1.84 bits per heavy atom. The molecule has 98 valence electrons. The number of fused-ring (bicyclic) bond motifs is 1. The smallest absolute Gasteiger partial charge is 0.0790 e. The molecule has 4 heteroatoms. The summed E-state index contributed by atoms with van der Waals surface area (Å²) in [5.74, 6) is 0. The van der Waals surface area contributed by atoms with Crippen LogP contribution in [0.3, 0.4) is 0 Å². The van der Waals surface area contributed by atoms with E-state index in [0.717, 1.165) is 21.9 Å². The fourth-order valence-corrected chi connectivity index (χ4v) is 2.12. The van der Waals surface area contributed by atoms with Crippen LogP contribution in [-0.2, 0) is 0 Å². The van der Waals surface area contributed by atoms with E-state index in [1.54, 1.807) is 6.08 Å². The number of anilines is 1. The van der Waals surface area contributed by atoms with Crippen molar-refractivity contribution in [3.8, 4) is 0 Å². The van der Waals surface area contributed by atoms with Gasteiger partial charge in [-0.3, -0.25) is 0 Å². The van der Waals surface area contributed by atoms with E-state index in [4.69, 9.17) is 17.2 Å². The van der Waals surface area contributed by atoms with Crippen LogP contribution in [0.1, 0.15) is 17.3 Å². The summed E-state index contributed by atoms with van der Waals surface area (Å²) in [4.78, 5) is 0.658. The van der Waals surface area contributed by atoms with E-state index in [-0.39, 0.29) is 0 Å². The SMILES string of the molecule is C=C(S)/C=C\c1cc(C(N)N)c2ccccc2c1N. The second-order valence-corrected chi connectivity index (χ2v) is 4.94. The van der Waals surface area contributed by atoms with Gasteiger partial charge in [-0.05, 0) is 33.6 Å². The van der Waals surface area contributed by atoms with Crippen LogP contribution in [0.25, 0.3) is 16.8 Å². The number of nitrogen functional groups attached to an aromatic ring is 1. The predicted octanol–water partition coefficient (Wildman–Crippen LogP) is 2.79. The molecule has 0 unspecified atom stereocenters. The van der Waals surface area contributed by atoms with E-state index >= 15 is 0 Å². The molecule has 0 aliphatic rings. The minimum absolute atomic E-state index is 0.545. The molecular weight excluding hydrogens is 254 g/mol. The fraction of sp³-hybridized carbons (Fsp3) is 0.0667. The zero-order chi connectivity index (χ0) is 14.0. The number of benzene rings is 2. The van der Waals surface area contributed by atoms with Crippen LogP contribution in [0.4, 0.5) is 5.69 Å². The quantitative estimate of drug-likeness (QED) is 0.300. The highest BCUT2D eigenvalue weighted by Gasteiger charge is 2.10. The van der Waals surface area contributed by atoms with Gasteiger partial charge < -0.3 is 17.2 Å². The van der Waals surface area contributed by atoms with Gasteiger partial charge >= 0.3 is 0 Å². The number of hydrogen-bond donors (Lipinski definition) is 4. The third-order valence-electron chi connectivity index (χ3n) is 2.96. The molecule has 19 heavy (non-hydrogen) atoms. The van der Waals surface area contributed by atoms with Crippen LogP contribution in [0.2, 0.25) is 0 Å². The molecule has 2 aromatic rings. The summed E-state index contributed by atoms with van der Waals surface area (Å²) in [5.41, 5.74) is 20.3. The maximum Gasteiger partial charge on any atom is 0.0790 e. The molecule has 6 N–H and O–H groups in total. The standard InChI is InChI=1S/C15H17N3S/c1-9(19)6-7-10-8-13(15(17)18)11-4-2-3-5-12(11)14(10)16/h2-8,15,19H,1,16-18H2/b7-6-. The first-order valence-corrected chi connectivity index (χ1v) is 6.33. The second kappa shape index (κ2) is 5.48. The highest BCUT2D eigenvalue weighted by Crippen LogP contribution is 2.31. The van der Waals surface area contributed by atoms with Crippen molar-refractivity contribution < 1.29 is 0 Å². The highest BCUT2D eigenvalue weighted by atomic mass is 32.1. The molecule has 0 spiro atoms. The molecule has 0 saturated heterocycles. The van der Waals surface area contributed by atoms with Gasteiger partial charge in [0.1, 0.15) is 0 Å². The molecule has 3 nitrogen and oxygen atoms in total. The van der Waals surface area contributed by atoms with Gasteiger partial charge in [-0.25, -0.2) is 0 Å². The number of allylic oxidation sites excluding steroid dienone is 1. The predicted molar refractivity (Wildman–Crippen MR) is 86.6 cm³/mol. The van der Waals surface area contributed by atoms with Gasteiger partial charge in [-0.1, -0.05) is 36.9 Å². The maximum absolute atomic E-state index is 6.19. The lowest BCUT2D eigenvalue weighted by atomic mass is 9.97. The topological polar surface area (TPSA) is 78.1 Å². The van der Waals surface area contributed by atoms with Crippen LogP contribution in [0.5, 0.6) is 0 Å². The summed E-state index contributed by atoms with van der Waals surface area (Å²) in [6, 6.07) is 9.73. The van der Waals surface area contributed by atoms with Crippen molar-refractivity contribution in [1.82, 2.24) is 0 Å². The monoisotopic (exact) mass is 271 g/mol. The zero-order valence-electron chi connectivity index (χ0n) is 10.5. The normalized spacial score (nSPS) is 11.6. The van der Waals surface area contributed by atoms with Crippen LogP contribution in [0, 0.1) is 0 Å².